The van der Waals surface area contributed by atoms with E-state index in [0.29, 0.717) is 11.3 Å². The fourth-order valence-corrected chi connectivity index (χ4v) is 4.11. The van der Waals surface area contributed by atoms with Crippen LogP contribution in [0.1, 0.15) is 125 Å². The van der Waals surface area contributed by atoms with Gasteiger partial charge in [-0.1, -0.05) is 102 Å². The molecular weight excluding hydrogens is 420 g/mol. The number of benzene rings is 2. The molecule has 1 unspecified atom stereocenters. The molecule has 34 heavy (non-hydrogen) atoms. The smallest absolute Gasteiger partial charge is 0.343 e. The molecule has 0 amide bonds. The fraction of sp³-hybridized carbons (Fsp3) is 0.581. The number of esters is 1. The van der Waals surface area contributed by atoms with Crippen LogP contribution in [0.25, 0.3) is 0 Å². The standard InChI is InChI=1S/C31H46O3/c1-4-6-8-9-10-11-12-13-14-15-25-33-26(3)28-21-23-30(24-22-28)34-31(32)29-19-17-27(18-20-29)16-7-5-2/h17-24,26H,4-16,25H2,1-3H3. The third kappa shape index (κ3) is 11.3. The lowest BCUT2D eigenvalue weighted by Crippen LogP contribution is -2.08. The van der Waals surface area contributed by atoms with E-state index in [1.54, 1.807) is 0 Å². The zero-order valence-corrected chi connectivity index (χ0v) is 21.8. The van der Waals surface area contributed by atoms with E-state index in [0.717, 1.165) is 31.4 Å². The van der Waals surface area contributed by atoms with E-state index in [-0.39, 0.29) is 12.1 Å². The maximum Gasteiger partial charge on any atom is 0.343 e. The van der Waals surface area contributed by atoms with Gasteiger partial charge in [-0.15, -0.1) is 0 Å². The van der Waals surface area contributed by atoms with E-state index < -0.39 is 0 Å². The van der Waals surface area contributed by atoms with Crippen LogP contribution in [-0.2, 0) is 11.2 Å². The van der Waals surface area contributed by atoms with Gasteiger partial charge in [-0.05, 0) is 61.6 Å². The monoisotopic (exact) mass is 466 g/mol. The van der Waals surface area contributed by atoms with Crippen molar-refractivity contribution in [2.24, 2.45) is 0 Å². The van der Waals surface area contributed by atoms with E-state index in [2.05, 4.69) is 20.8 Å². The number of carbonyl (C=O) groups excluding carboxylic acids is 1. The molecule has 0 heterocycles. The Hall–Kier alpha value is -2.13. The first kappa shape index (κ1) is 28.1. The highest BCUT2D eigenvalue weighted by Crippen LogP contribution is 2.22. The summed E-state index contributed by atoms with van der Waals surface area (Å²) >= 11 is 0. The molecule has 0 aromatic heterocycles. The molecule has 0 aliphatic rings. The number of hydrogen-bond donors (Lipinski definition) is 0. The summed E-state index contributed by atoms with van der Waals surface area (Å²) in [5.74, 6) is 0.241. The molecule has 2 aromatic carbocycles. The summed E-state index contributed by atoms with van der Waals surface area (Å²) in [6.45, 7) is 7.33. The molecule has 1 atom stereocenters. The molecule has 0 aliphatic carbocycles. The number of aryl methyl sites for hydroxylation is 1. The van der Waals surface area contributed by atoms with Crippen molar-refractivity contribution in [1.29, 1.82) is 0 Å². The summed E-state index contributed by atoms with van der Waals surface area (Å²) in [5.41, 5.74) is 2.94. The second-order valence-electron chi connectivity index (χ2n) is 9.45. The van der Waals surface area contributed by atoms with E-state index in [1.165, 1.54) is 69.8 Å². The molecule has 3 heteroatoms. The van der Waals surface area contributed by atoms with Gasteiger partial charge in [0, 0.05) is 6.61 Å². The molecule has 0 saturated carbocycles. The Morgan fingerprint density at radius 1 is 0.706 bits per heavy atom. The van der Waals surface area contributed by atoms with Crippen LogP contribution in [0.15, 0.2) is 48.5 Å². The molecule has 0 spiro atoms. The quantitative estimate of drug-likeness (QED) is 0.125. The molecule has 0 bridgehead atoms. The molecule has 2 rings (SSSR count). The fourth-order valence-electron chi connectivity index (χ4n) is 4.11. The third-order valence-corrected chi connectivity index (χ3v) is 6.43. The van der Waals surface area contributed by atoms with Gasteiger partial charge in [0.15, 0.2) is 0 Å². The molecule has 0 radical (unpaired) electrons. The molecule has 0 N–H and O–H groups in total. The average Bonchev–Trinajstić information content (AvgIpc) is 2.86. The Balaban J connectivity index is 1.62. The van der Waals surface area contributed by atoms with Gasteiger partial charge in [-0.25, -0.2) is 4.79 Å². The second kappa shape index (κ2) is 17.3. The Labute approximate surface area is 208 Å². The van der Waals surface area contributed by atoms with Crippen LogP contribution >= 0.6 is 0 Å². The van der Waals surface area contributed by atoms with Gasteiger partial charge in [0.1, 0.15) is 5.75 Å². The lowest BCUT2D eigenvalue weighted by Gasteiger charge is -2.14. The summed E-state index contributed by atoms with van der Waals surface area (Å²) in [6.07, 6.45) is 16.7. The molecule has 188 valence electrons. The van der Waals surface area contributed by atoms with Crippen LogP contribution in [0, 0.1) is 0 Å². The lowest BCUT2D eigenvalue weighted by atomic mass is 10.1. The van der Waals surface area contributed by atoms with Crippen LogP contribution in [0.4, 0.5) is 0 Å². The highest BCUT2D eigenvalue weighted by molar-refractivity contribution is 5.91. The Bertz CT molecular complexity index is 779. The third-order valence-electron chi connectivity index (χ3n) is 6.43. The van der Waals surface area contributed by atoms with E-state index in [9.17, 15) is 4.79 Å². The van der Waals surface area contributed by atoms with Crippen LogP contribution in [0.5, 0.6) is 5.75 Å². The molecule has 3 nitrogen and oxygen atoms in total. The van der Waals surface area contributed by atoms with Crippen molar-refractivity contribution in [2.75, 3.05) is 6.61 Å². The van der Waals surface area contributed by atoms with Crippen LogP contribution < -0.4 is 4.74 Å². The highest BCUT2D eigenvalue weighted by atomic mass is 16.5. The SMILES string of the molecule is CCCCCCCCCCCCOC(C)c1ccc(OC(=O)c2ccc(CCCC)cc2)cc1. The highest BCUT2D eigenvalue weighted by Gasteiger charge is 2.10. The number of ether oxygens (including phenoxy) is 2. The van der Waals surface area contributed by atoms with Crippen LogP contribution in [-0.4, -0.2) is 12.6 Å². The molecule has 0 fully saturated rings. The summed E-state index contributed by atoms with van der Waals surface area (Å²) in [7, 11) is 0. The van der Waals surface area contributed by atoms with Gasteiger partial charge in [0.2, 0.25) is 0 Å². The molecule has 0 aliphatic heterocycles. The van der Waals surface area contributed by atoms with Crippen LogP contribution in [0.3, 0.4) is 0 Å². The summed E-state index contributed by atoms with van der Waals surface area (Å²) in [6, 6.07) is 15.4. The maximum atomic E-state index is 12.4. The number of unbranched alkanes of at least 4 members (excludes halogenated alkanes) is 10. The van der Waals surface area contributed by atoms with Crippen molar-refractivity contribution in [1.82, 2.24) is 0 Å². The molecule has 0 saturated heterocycles. The Kier molecular flexibility index (Phi) is 14.3. The molecular formula is C31H46O3. The predicted molar refractivity (Wildman–Crippen MR) is 143 cm³/mol. The second-order valence-corrected chi connectivity index (χ2v) is 9.45. The predicted octanol–water partition coefficient (Wildman–Crippen LogP) is 9.25. The van der Waals surface area contributed by atoms with Crippen molar-refractivity contribution >= 4 is 5.97 Å². The molecule has 2 aromatic rings. The minimum atomic E-state index is -0.319. The van der Waals surface area contributed by atoms with Gasteiger partial charge >= 0.3 is 5.97 Å². The van der Waals surface area contributed by atoms with Crippen molar-refractivity contribution < 1.29 is 14.3 Å². The van der Waals surface area contributed by atoms with Gasteiger partial charge in [-0.3, -0.25) is 0 Å². The van der Waals surface area contributed by atoms with Gasteiger partial charge in [0.05, 0.1) is 11.7 Å². The van der Waals surface area contributed by atoms with E-state index in [4.69, 9.17) is 9.47 Å². The van der Waals surface area contributed by atoms with Gasteiger partial charge in [0.25, 0.3) is 0 Å². The topological polar surface area (TPSA) is 35.5 Å². The largest absolute Gasteiger partial charge is 0.423 e. The summed E-state index contributed by atoms with van der Waals surface area (Å²) in [4.78, 5) is 12.4. The van der Waals surface area contributed by atoms with Gasteiger partial charge < -0.3 is 9.47 Å². The lowest BCUT2D eigenvalue weighted by molar-refractivity contribution is 0.0627. The zero-order valence-electron chi connectivity index (χ0n) is 21.8. The van der Waals surface area contributed by atoms with Gasteiger partial charge in [-0.2, -0.15) is 0 Å². The first-order valence-electron chi connectivity index (χ1n) is 13.7. The minimum Gasteiger partial charge on any atom is -0.423 e. The van der Waals surface area contributed by atoms with Crippen molar-refractivity contribution in [3.8, 4) is 5.75 Å². The normalized spacial score (nSPS) is 12.0. The number of rotatable bonds is 18. The van der Waals surface area contributed by atoms with E-state index >= 15 is 0 Å². The van der Waals surface area contributed by atoms with Crippen molar-refractivity contribution in [3.05, 3.63) is 65.2 Å². The Morgan fingerprint density at radius 3 is 1.85 bits per heavy atom. The van der Waals surface area contributed by atoms with Crippen LogP contribution in [0.2, 0.25) is 0 Å². The summed E-state index contributed by atoms with van der Waals surface area (Å²) in [5, 5.41) is 0. The van der Waals surface area contributed by atoms with E-state index in [1.807, 2.05) is 48.5 Å². The first-order chi connectivity index (χ1) is 16.6. The van der Waals surface area contributed by atoms with Crippen molar-refractivity contribution in [2.45, 2.75) is 110 Å². The first-order valence-corrected chi connectivity index (χ1v) is 13.7. The maximum absolute atomic E-state index is 12.4. The number of carbonyl (C=O) groups is 1. The minimum absolute atomic E-state index is 0.0407. The summed E-state index contributed by atoms with van der Waals surface area (Å²) < 4.78 is 11.6. The van der Waals surface area contributed by atoms with Crippen molar-refractivity contribution in [3.63, 3.8) is 0 Å². The number of hydrogen-bond acceptors (Lipinski definition) is 3. The average molecular weight is 467 g/mol. The zero-order chi connectivity index (χ0) is 24.4. The Morgan fingerprint density at radius 2 is 1.26 bits per heavy atom.